The molecule has 24 heavy (non-hydrogen) atoms. The van der Waals surface area contributed by atoms with Gasteiger partial charge in [-0.3, -0.25) is 4.79 Å². The van der Waals surface area contributed by atoms with Crippen LogP contribution in [0.5, 0.6) is 0 Å². The van der Waals surface area contributed by atoms with Gasteiger partial charge < -0.3 is 9.67 Å². The van der Waals surface area contributed by atoms with Gasteiger partial charge in [-0.15, -0.1) is 0 Å². The van der Waals surface area contributed by atoms with Crippen LogP contribution in [0, 0.1) is 0 Å². The average molecular weight is 322 g/mol. The molecule has 120 valence electrons. The van der Waals surface area contributed by atoms with Gasteiger partial charge in [0.1, 0.15) is 6.54 Å². The Balaban J connectivity index is 1.67. The summed E-state index contributed by atoms with van der Waals surface area (Å²) in [4.78, 5) is 27.3. The first kappa shape index (κ1) is 15.4. The molecule has 0 fully saturated rings. The summed E-state index contributed by atoms with van der Waals surface area (Å²) in [6.07, 6.45) is 2.90. The molecular formula is C17H14N4O3. The number of amides is 1. The molecule has 2 aromatic carbocycles. The maximum Gasteiger partial charge on any atom is 0.336 e. The fourth-order valence-corrected chi connectivity index (χ4v) is 2.30. The number of hydrogen-bond donors (Lipinski definition) is 2. The van der Waals surface area contributed by atoms with Gasteiger partial charge in [-0.1, -0.05) is 30.3 Å². The summed E-state index contributed by atoms with van der Waals surface area (Å²) in [5, 5.41) is 12.9. The quantitative estimate of drug-likeness (QED) is 0.554. The zero-order valence-corrected chi connectivity index (χ0v) is 12.6. The van der Waals surface area contributed by atoms with Gasteiger partial charge in [0.2, 0.25) is 0 Å². The number of carboxylic acids is 1. The van der Waals surface area contributed by atoms with Crippen LogP contribution < -0.4 is 5.43 Å². The van der Waals surface area contributed by atoms with Crippen molar-refractivity contribution in [3.63, 3.8) is 0 Å². The minimum absolute atomic E-state index is 0.0679. The third kappa shape index (κ3) is 3.30. The van der Waals surface area contributed by atoms with E-state index < -0.39 is 5.97 Å². The minimum Gasteiger partial charge on any atom is -0.478 e. The van der Waals surface area contributed by atoms with Gasteiger partial charge in [-0.05, 0) is 18.2 Å². The second-order valence-corrected chi connectivity index (χ2v) is 5.05. The number of nitrogens with one attached hydrogen (secondary N) is 1. The van der Waals surface area contributed by atoms with Gasteiger partial charge in [0, 0.05) is 5.56 Å². The Labute approximate surface area is 137 Å². The number of aromatic carboxylic acids is 1. The summed E-state index contributed by atoms with van der Waals surface area (Å²) >= 11 is 0. The van der Waals surface area contributed by atoms with E-state index in [1.165, 1.54) is 12.3 Å². The molecule has 7 heteroatoms. The minimum atomic E-state index is -1.05. The van der Waals surface area contributed by atoms with Crippen LogP contribution in [-0.4, -0.2) is 32.7 Å². The highest BCUT2D eigenvalue weighted by atomic mass is 16.4. The Morgan fingerprint density at radius 1 is 1.17 bits per heavy atom. The van der Waals surface area contributed by atoms with Crippen LogP contribution in [0.4, 0.5) is 0 Å². The molecular weight excluding hydrogens is 308 g/mol. The molecule has 0 unspecified atom stereocenters. The van der Waals surface area contributed by atoms with Crippen molar-refractivity contribution in [3.8, 4) is 0 Å². The maximum atomic E-state index is 12.0. The molecule has 0 aliphatic heterocycles. The van der Waals surface area contributed by atoms with Crippen molar-refractivity contribution >= 4 is 29.1 Å². The molecule has 7 nitrogen and oxygen atoms in total. The van der Waals surface area contributed by atoms with Crippen molar-refractivity contribution < 1.29 is 14.7 Å². The monoisotopic (exact) mass is 322 g/mol. The lowest BCUT2D eigenvalue weighted by Gasteiger charge is -2.03. The van der Waals surface area contributed by atoms with Crippen molar-refractivity contribution in [1.29, 1.82) is 0 Å². The number of rotatable bonds is 5. The maximum absolute atomic E-state index is 12.0. The lowest BCUT2D eigenvalue weighted by molar-refractivity contribution is -0.121. The van der Waals surface area contributed by atoms with E-state index >= 15 is 0 Å². The number of para-hydroxylation sites is 2. The van der Waals surface area contributed by atoms with Crippen molar-refractivity contribution in [2.24, 2.45) is 5.10 Å². The van der Waals surface area contributed by atoms with Gasteiger partial charge in [0.15, 0.2) is 0 Å². The van der Waals surface area contributed by atoms with E-state index in [9.17, 15) is 9.59 Å². The van der Waals surface area contributed by atoms with Crippen LogP contribution in [0.25, 0.3) is 11.0 Å². The number of carboxylic acid groups (broad SMARTS) is 1. The smallest absolute Gasteiger partial charge is 0.336 e. The predicted octanol–water partition coefficient (Wildman–Crippen LogP) is 1.88. The molecule has 3 aromatic rings. The second kappa shape index (κ2) is 6.74. The molecule has 0 radical (unpaired) electrons. The Morgan fingerprint density at radius 2 is 1.92 bits per heavy atom. The molecule has 2 N–H and O–H groups in total. The van der Waals surface area contributed by atoms with Gasteiger partial charge in [-0.2, -0.15) is 5.10 Å². The first-order chi connectivity index (χ1) is 11.6. The third-order valence-corrected chi connectivity index (χ3v) is 3.43. The topological polar surface area (TPSA) is 96.6 Å². The molecule has 3 rings (SSSR count). The second-order valence-electron chi connectivity index (χ2n) is 5.05. The van der Waals surface area contributed by atoms with E-state index in [0.717, 1.165) is 11.0 Å². The summed E-state index contributed by atoms with van der Waals surface area (Å²) in [5.74, 6) is -1.38. The number of hydrazone groups is 1. The number of imidazole rings is 1. The lowest BCUT2D eigenvalue weighted by atomic mass is 10.1. The number of nitrogens with zero attached hydrogens (tertiary/aromatic N) is 3. The molecule has 0 aliphatic carbocycles. The van der Waals surface area contributed by atoms with Crippen LogP contribution >= 0.6 is 0 Å². The molecule has 0 atom stereocenters. The molecule has 0 saturated carbocycles. The van der Waals surface area contributed by atoms with Crippen LogP contribution in [-0.2, 0) is 11.3 Å². The summed E-state index contributed by atoms with van der Waals surface area (Å²) in [6.45, 7) is 0.0679. The first-order valence-electron chi connectivity index (χ1n) is 7.19. The predicted molar refractivity (Wildman–Crippen MR) is 88.9 cm³/mol. The summed E-state index contributed by atoms with van der Waals surface area (Å²) < 4.78 is 1.71. The van der Waals surface area contributed by atoms with Crippen molar-refractivity contribution in [2.75, 3.05) is 0 Å². The zero-order chi connectivity index (χ0) is 16.9. The van der Waals surface area contributed by atoms with Gasteiger partial charge in [-0.25, -0.2) is 15.2 Å². The van der Waals surface area contributed by atoms with Gasteiger partial charge in [0.05, 0.1) is 29.1 Å². The SMILES string of the molecule is O=C(Cn1cnc2ccccc21)N/N=C\c1ccccc1C(=O)O. The molecule has 0 bridgehead atoms. The van der Waals surface area contributed by atoms with Crippen LogP contribution in [0.3, 0.4) is 0 Å². The van der Waals surface area contributed by atoms with E-state index in [-0.39, 0.29) is 18.0 Å². The normalized spacial score (nSPS) is 11.0. The van der Waals surface area contributed by atoms with Crippen LogP contribution in [0.15, 0.2) is 60.0 Å². The lowest BCUT2D eigenvalue weighted by Crippen LogP contribution is -2.23. The van der Waals surface area contributed by atoms with E-state index in [0.29, 0.717) is 5.56 Å². The van der Waals surface area contributed by atoms with Gasteiger partial charge >= 0.3 is 5.97 Å². The summed E-state index contributed by atoms with van der Waals surface area (Å²) in [5.41, 5.74) is 4.59. The van der Waals surface area contributed by atoms with Crippen LogP contribution in [0.2, 0.25) is 0 Å². The number of carbonyl (C=O) groups excluding carboxylic acids is 1. The molecule has 0 saturated heterocycles. The van der Waals surface area contributed by atoms with E-state index in [2.05, 4.69) is 15.5 Å². The van der Waals surface area contributed by atoms with Gasteiger partial charge in [0.25, 0.3) is 5.91 Å². The molecule has 1 heterocycles. The molecule has 1 amide bonds. The first-order valence-corrected chi connectivity index (χ1v) is 7.19. The van der Waals surface area contributed by atoms with E-state index in [4.69, 9.17) is 5.11 Å². The zero-order valence-electron chi connectivity index (χ0n) is 12.6. The highest BCUT2D eigenvalue weighted by Crippen LogP contribution is 2.11. The average Bonchev–Trinajstić information content (AvgIpc) is 2.98. The summed E-state index contributed by atoms with van der Waals surface area (Å²) in [7, 11) is 0. The third-order valence-electron chi connectivity index (χ3n) is 3.43. The van der Waals surface area contributed by atoms with Crippen molar-refractivity contribution in [3.05, 3.63) is 66.0 Å². The number of fused-ring (bicyclic) bond motifs is 1. The van der Waals surface area contributed by atoms with E-state index in [1.54, 1.807) is 29.1 Å². The number of carbonyl (C=O) groups is 2. The molecule has 1 aromatic heterocycles. The Hall–Kier alpha value is -3.48. The van der Waals surface area contributed by atoms with Crippen LogP contribution in [0.1, 0.15) is 15.9 Å². The molecule has 0 spiro atoms. The molecule has 0 aliphatic rings. The summed E-state index contributed by atoms with van der Waals surface area (Å²) in [6, 6.07) is 13.9. The van der Waals surface area contributed by atoms with E-state index in [1.807, 2.05) is 24.3 Å². The highest BCUT2D eigenvalue weighted by molar-refractivity contribution is 5.98. The van der Waals surface area contributed by atoms with Crippen molar-refractivity contribution in [2.45, 2.75) is 6.54 Å². The van der Waals surface area contributed by atoms with Crippen molar-refractivity contribution in [1.82, 2.24) is 15.0 Å². The fourth-order valence-electron chi connectivity index (χ4n) is 2.30. The number of aromatic nitrogens is 2. The number of benzene rings is 2. The fraction of sp³-hybridized carbons (Fsp3) is 0.0588. The number of hydrogen-bond acceptors (Lipinski definition) is 4. The highest BCUT2D eigenvalue weighted by Gasteiger charge is 2.08. The largest absolute Gasteiger partial charge is 0.478 e. The Kier molecular flexibility index (Phi) is 4.33. The Bertz CT molecular complexity index is 930. The Morgan fingerprint density at radius 3 is 2.75 bits per heavy atom. The standard InChI is InChI=1S/C17H14N4O3/c22-16(10-21-11-18-14-7-3-4-8-15(14)21)20-19-9-12-5-1-2-6-13(12)17(23)24/h1-9,11H,10H2,(H,20,22)(H,23,24)/b19-9-.